The maximum Gasteiger partial charge on any atom is 0.284 e. The third-order valence-electron chi connectivity index (χ3n) is 4.26. The van der Waals surface area contributed by atoms with Crippen molar-refractivity contribution in [3.8, 4) is 28.6 Å². The second kappa shape index (κ2) is 7.91. The van der Waals surface area contributed by atoms with Crippen LogP contribution in [0.15, 0.2) is 41.2 Å². The van der Waals surface area contributed by atoms with Crippen LogP contribution < -0.4 is 4.74 Å². The van der Waals surface area contributed by atoms with Crippen molar-refractivity contribution in [2.75, 3.05) is 27.2 Å². The first-order valence-corrected chi connectivity index (χ1v) is 9.28. The molecule has 4 aromatic rings. The number of aromatic amines is 2. The van der Waals surface area contributed by atoms with E-state index in [9.17, 15) is 0 Å². The van der Waals surface area contributed by atoms with Gasteiger partial charge in [-0.1, -0.05) is 6.07 Å². The lowest BCUT2D eigenvalue weighted by Crippen LogP contribution is -2.15. The van der Waals surface area contributed by atoms with Crippen molar-refractivity contribution in [3.05, 3.63) is 41.6 Å². The Morgan fingerprint density at radius 2 is 2.14 bits per heavy atom. The topological polar surface area (TPSA) is 95.9 Å². The van der Waals surface area contributed by atoms with Crippen LogP contribution in [0.5, 0.6) is 5.88 Å². The number of benzene rings is 1. The maximum absolute atomic E-state index is 5.74. The van der Waals surface area contributed by atoms with E-state index in [1.165, 1.54) is 0 Å². The third-order valence-corrected chi connectivity index (χ3v) is 4.43. The van der Waals surface area contributed by atoms with Gasteiger partial charge in [0.1, 0.15) is 0 Å². The molecule has 4 rings (SSSR count). The molecular weight excluding hydrogens is 376 g/mol. The highest BCUT2D eigenvalue weighted by Crippen LogP contribution is 2.31. The molecule has 0 aliphatic heterocycles. The van der Waals surface area contributed by atoms with Gasteiger partial charge in [0.05, 0.1) is 30.3 Å². The number of H-pyrrole nitrogens is 2. The summed E-state index contributed by atoms with van der Waals surface area (Å²) >= 11 is 4.97. The molecule has 9 heteroatoms. The quantitative estimate of drug-likeness (QED) is 0.363. The Hall–Kier alpha value is -3.04. The standard InChI is InChI=1S/C19H20N6O2S/c1-25(2)6-3-7-26-17-11-20-10-16(22-17)12-4-5-15-13(8-12)14(9-21-15)18-23-24-19(28)27-18/h4-5,8-11,21H,3,6-7H2,1-2H3,(H,24,28). The summed E-state index contributed by atoms with van der Waals surface area (Å²) in [6, 6.07) is 6.00. The summed E-state index contributed by atoms with van der Waals surface area (Å²) in [5.41, 5.74) is 3.45. The largest absolute Gasteiger partial charge is 0.477 e. The molecule has 0 aliphatic rings. The van der Waals surface area contributed by atoms with E-state index in [2.05, 4.69) is 30.0 Å². The molecule has 3 heterocycles. The van der Waals surface area contributed by atoms with Crippen LogP contribution >= 0.6 is 12.2 Å². The van der Waals surface area contributed by atoms with Gasteiger partial charge in [-0.2, -0.15) is 0 Å². The van der Waals surface area contributed by atoms with Crippen LogP contribution in [0.4, 0.5) is 0 Å². The van der Waals surface area contributed by atoms with Gasteiger partial charge in [-0.05, 0) is 44.9 Å². The molecule has 0 amide bonds. The van der Waals surface area contributed by atoms with Crippen molar-refractivity contribution >= 4 is 23.1 Å². The fourth-order valence-electron chi connectivity index (χ4n) is 2.92. The Balaban J connectivity index is 1.60. The Labute approximate surface area is 166 Å². The van der Waals surface area contributed by atoms with Gasteiger partial charge in [-0.15, -0.1) is 5.10 Å². The molecule has 28 heavy (non-hydrogen) atoms. The number of fused-ring (bicyclic) bond motifs is 1. The van der Waals surface area contributed by atoms with Gasteiger partial charge in [-0.25, -0.2) is 10.1 Å². The molecule has 2 N–H and O–H groups in total. The molecule has 0 fully saturated rings. The minimum Gasteiger partial charge on any atom is -0.477 e. The summed E-state index contributed by atoms with van der Waals surface area (Å²) in [7, 11) is 4.08. The van der Waals surface area contributed by atoms with E-state index in [1.54, 1.807) is 12.4 Å². The number of nitrogens with one attached hydrogen (secondary N) is 2. The Morgan fingerprint density at radius 3 is 2.93 bits per heavy atom. The van der Waals surface area contributed by atoms with Crippen LogP contribution in [-0.2, 0) is 0 Å². The zero-order chi connectivity index (χ0) is 19.5. The van der Waals surface area contributed by atoms with E-state index in [-0.39, 0.29) is 4.84 Å². The predicted molar refractivity (Wildman–Crippen MR) is 109 cm³/mol. The van der Waals surface area contributed by atoms with Crippen molar-refractivity contribution in [1.29, 1.82) is 0 Å². The smallest absolute Gasteiger partial charge is 0.284 e. The molecule has 0 saturated carbocycles. The first kappa shape index (κ1) is 18.3. The first-order chi connectivity index (χ1) is 13.6. The summed E-state index contributed by atoms with van der Waals surface area (Å²) in [6.07, 6.45) is 6.13. The molecule has 0 bridgehead atoms. The molecule has 1 aromatic carbocycles. The zero-order valence-electron chi connectivity index (χ0n) is 15.6. The second-order valence-electron chi connectivity index (χ2n) is 6.63. The number of hydrogen-bond acceptors (Lipinski definition) is 7. The van der Waals surface area contributed by atoms with Crippen LogP contribution in [-0.4, -0.2) is 57.3 Å². The number of aromatic nitrogens is 5. The van der Waals surface area contributed by atoms with E-state index in [1.807, 2.05) is 38.5 Å². The minimum atomic E-state index is 0.241. The Morgan fingerprint density at radius 1 is 1.25 bits per heavy atom. The summed E-state index contributed by atoms with van der Waals surface area (Å²) in [6.45, 7) is 1.56. The van der Waals surface area contributed by atoms with E-state index < -0.39 is 0 Å². The molecule has 0 unspecified atom stereocenters. The first-order valence-electron chi connectivity index (χ1n) is 8.87. The summed E-state index contributed by atoms with van der Waals surface area (Å²) in [4.78, 5) is 14.4. The molecule has 0 spiro atoms. The lowest BCUT2D eigenvalue weighted by molar-refractivity contribution is 0.272. The monoisotopic (exact) mass is 396 g/mol. The highest BCUT2D eigenvalue weighted by atomic mass is 32.1. The number of hydrogen-bond donors (Lipinski definition) is 2. The highest BCUT2D eigenvalue weighted by molar-refractivity contribution is 7.71. The van der Waals surface area contributed by atoms with E-state index in [0.717, 1.165) is 40.7 Å². The normalized spacial score (nSPS) is 11.4. The van der Waals surface area contributed by atoms with Gasteiger partial charge in [0, 0.05) is 29.2 Å². The van der Waals surface area contributed by atoms with Crippen molar-refractivity contribution in [3.63, 3.8) is 0 Å². The number of ether oxygens (including phenoxy) is 1. The van der Waals surface area contributed by atoms with Crippen LogP contribution in [0, 0.1) is 4.84 Å². The average Bonchev–Trinajstić information content (AvgIpc) is 3.30. The lowest BCUT2D eigenvalue weighted by Gasteiger charge is -2.10. The van der Waals surface area contributed by atoms with Gasteiger partial charge in [0.15, 0.2) is 0 Å². The molecule has 3 aromatic heterocycles. The van der Waals surface area contributed by atoms with Crippen molar-refractivity contribution < 1.29 is 9.15 Å². The lowest BCUT2D eigenvalue weighted by atomic mass is 10.1. The molecule has 0 radical (unpaired) electrons. The van der Waals surface area contributed by atoms with E-state index in [0.29, 0.717) is 18.4 Å². The molecule has 144 valence electrons. The highest BCUT2D eigenvalue weighted by Gasteiger charge is 2.13. The summed E-state index contributed by atoms with van der Waals surface area (Å²) < 4.78 is 11.2. The minimum absolute atomic E-state index is 0.241. The SMILES string of the molecule is CN(C)CCCOc1cncc(-c2ccc3[nH]cc(-c4n[nH]c(=S)o4)c3c2)n1. The zero-order valence-corrected chi connectivity index (χ0v) is 16.4. The average molecular weight is 396 g/mol. The van der Waals surface area contributed by atoms with Crippen LogP contribution in [0.25, 0.3) is 33.6 Å². The molecule has 0 atom stereocenters. The Kier molecular flexibility index (Phi) is 5.18. The fraction of sp³-hybridized carbons (Fsp3) is 0.263. The summed E-state index contributed by atoms with van der Waals surface area (Å²) in [5.74, 6) is 0.959. The molecule has 0 aliphatic carbocycles. The van der Waals surface area contributed by atoms with Crippen LogP contribution in [0.3, 0.4) is 0 Å². The van der Waals surface area contributed by atoms with Crippen molar-refractivity contribution in [2.24, 2.45) is 0 Å². The predicted octanol–water partition coefficient (Wildman–Crippen LogP) is 3.67. The summed E-state index contributed by atoms with van der Waals surface area (Å²) in [5, 5.41) is 7.72. The molecule has 8 nitrogen and oxygen atoms in total. The fourth-order valence-corrected chi connectivity index (χ4v) is 3.04. The van der Waals surface area contributed by atoms with Crippen LogP contribution in [0.1, 0.15) is 6.42 Å². The van der Waals surface area contributed by atoms with E-state index in [4.69, 9.17) is 21.4 Å². The van der Waals surface area contributed by atoms with Crippen molar-refractivity contribution in [2.45, 2.75) is 6.42 Å². The molecule has 0 saturated heterocycles. The Bertz CT molecular complexity index is 1150. The second-order valence-corrected chi connectivity index (χ2v) is 7.00. The van der Waals surface area contributed by atoms with Gasteiger partial charge in [-0.3, -0.25) is 4.98 Å². The molecular formula is C19H20N6O2S. The van der Waals surface area contributed by atoms with Gasteiger partial charge in [0.25, 0.3) is 4.84 Å². The van der Waals surface area contributed by atoms with Gasteiger partial charge in [0.2, 0.25) is 11.8 Å². The third kappa shape index (κ3) is 3.95. The van der Waals surface area contributed by atoms with Gasteiger partial charge < -0.3 is 19.0 Å². The van der Waals surface area contributed by atoms with Gasteiger partial charge >= 0.3 is 0 Å². The van der Waals surface area contributed by atoms with E-state index >= 15 is 0 Å². The maximum atomic E-state index is 5.74. The number of nitrogens with zero attached hydrogens (tertiary/aromatic N) is 4. The van der Waals surface area contributed by atoms with Crippen LogP contribution in [0.2, 0.25) is 0 Å². The van der Waals surface area contributed by atoms with Crippen molar-refractivity contribution in [1.82, 2.24) is 30.0 Å². The number of rotatable bonds is 7.